The fourth-order valence-electron chi connectivity index (χ4n) is 2.48. The minimum atomic E-state index is -0.478. The van der Waals surface area contributed by atoms with Gasteiger partial charge in [0.15, 0.2) is 10.8 Å². The highest BCUT2D eigenvalue weighted by molar-refractivity contribution is 8.00. The van der Waals surface area contributed by atoms with Crippen LogP contribution in [0, 0.1) is 13.8 Å². The van der Waals surface area contributed by atoms with Gasteiger partial charge in [-0.3, -0.25) is 9.59 Å². The first-order valence-electron chi connectivity index (χ1n) is 8.29. The molecular weight excluding hydrogens is 352 g/mol. The molecule has 0 aliphatic heterocycles. The van der Waals surface area contributed by atoms with Crippen LogP contribution in [0.25, 0.3) is 16.7 Å². The van der Waals surface area contributed by atoms with Crippen molar-refractivity contribution in [2.24, 2.45) is 0 Å². The highest BCUT2D eigenvalue weighted by atomic mass is 32.2. The fraction of sp³-hybridized carbons (Fsp3) is 0.333. The van der Waals surface area contributed by atoms with E-state index in [0.717, 1.165) is 23.0 Å². The number of benzene rings is 1. The van der Waals surface area contributed by atoms with Crippen LogP contribution in [-0.2, 0) is 9.53 Å². The van der Waals surface area contributed by atoms with Crippen molar-refractivity contribution in [3.8, 4) is 5.69 Å². The third kappa shape index (κ3) is 3.50. The zero-order chi connectivity index (χ0) is 18.8. The summed E-state index contributed by atoms with van der Waals surface area (Å²) in [4.78, 5) is 31.4. The molecule has 0 bridgehead atoms. The van der Waals surface area contributed by atoms with Crippen LogP contribution in [0.2, 0.25) is 0 Å². The Balaban J connectivity index is 2.02. The molecule has 26 heavy (non-hydrogen) atoms. The molecule has 136 valence electrons. The molecule has 8 heteroatoms. The SMILES string of the molecule is CCOC(=O)[C@@H](C)Sc1nc2c(cnn2-c2ccc(C)c(C)c2)c(=O)[nH]1. The van der Waals surface area contributed by atoms with E-state index in [4.69, 9.17) is 4.74 Å². The van der Waals surface area contributed by atoms with Gasteiger partial charge in [-0.2, -0.15) is 5.10 Å². The van der Waals surface area contributed by atoms with Gasteiger partial charge in [0.2, 0.25) is 0 Å². The summed E-state index contributed by atoms with van der Waals surface area (Å²) < 4.78 is 6.63. The molecule has 0 saturated heterocycles. The van der Waals surface area contributed by atoms with E-state index < -0.39 is 5.25 Å². The summed E-state index contributed by atoms with van der Waals surface area (Å²) >= 11 is 1.15. The number of aromatic amines is 1. The van der Waals surface area contributed by atoms with Crippen molar-refractivity contribution in [2.45, 2.75) is 38.1 Å². The number of H-pyrrole nitrogens is 1. The maximum absolute atomic E-state index is 12.4. The summed E-state index contributed by atoms with van der Waals surface area (Å²) in [6.45, 7) is 7.84. The van der Waals surface area contributed by atoms with Gasteiger partial charge in [0, 0.05) is 0 Å². The molecule has 2 aromatic heterocycles. The Kier molecular flexibility index (Phi) is 5.13. The van der Waals surface area contributed by atoms with Crippen molar-refractivity contribution in [1.82, 2.24) is 19.7 Å². The number of aryl methyl sites for hydroxylation is 2. The summed E-state index contributed by atoms with van der Waals surface area (Å²) in [6.07, 6.45) is 1.50. The number of nitrogens with one attached hydrogen (secondary N) is 1. The molecule has 1 aromatic carbocycles. The number of nitrogens with zero attached hydrogens (tertiary/aromatic N) is 3. The molecule has 0 amide bonds. The number of hydrogen-bond donors (Lipinski definition) is 1. The number of esters is 1. The first-order valence-corrected chi connectivity index (χ1v) is 9.17. The highest BCUT2D eigenvalue weighted by Gasteiger charge is 2.19. The number of aromatic nitrogens is 4. The molecule has 7 nitrogen and oxygen atoms in total. The molecule has 1 N–H and O–H groups in total. The highest BCUT2D eigenvalue weighted by Crippen LogP contribution is 2.22. The Labute approximate surface area is 154 Å². The van der Waals surface area contributed by atoms with E-state index in [2.05, 4.69) is 15.1 Å². The summed E-state index contributed by atoms with van der Waals surface area (Å²) in [7, 11) is 0. The van der Waals surface area contributed by atoms with Gasteiger partial charge in [-0.15, -0.1) is 0 Å². The van der Waals surface area contributed by atoms with Crippen molar-refractivity contribution in [3.63, 3.8) is 0 Å². The topological polar surface area (TPSA) is 89.9 Å². The number of carbonyl (C=O) groups is 1. The lowest BCUT2D eigenvalue weighted by molar-refractivity contribution is -0.142. The average Bonchev–Trinajstić information content (AvgIpc) is 3.02. The van der Waals surface area contributed by atoms with Crippen LogP contribution in [0.1, 0.15) is 25.0 Å². The van der Waals surface area contributed by atoms with Crippen LogP contribution >= 0.6 is 11.8 Å². The predicted molar refractivity (Wildman–Crippen MR) is 101 cm³/mol. The Morgan fingerprint density at radius 3 is 2.81 bits per heavy atom. The third-order valence-electron chi connectivity index (χ3n) is 4.06. The van der Waals surface area contributed by atoms with Gasteiger partial charge in [0.05, 0.1) is 18.5 Å². The summed E-state index contributed by atoms with van der Waals surface area (Å²) in [6, 6.07) is 5.94. The Morgan fingerprint density at radius 2 is 2.12 bits per heavy atom. The van der Waals surface area contributed by atoms with Gasteiger partial charge < -0.3 is 9.72 Å². The number of fused-ring (bicyclic) bond motifs is 1. The second-order valence-electron chi connectivity index (χ2n) is 5.95. The second kappa shape index (κ2) is 7.33. The molecule has 1 atom stereocenters. The van der Waals surface area contributed by atoms with E-state index in [-0.39, 0.29) is 11.5 Å². The van der Waals surface area contributed by atoms with Crippen molar-refractivity contribution in [2.75, 3.05) is 6.61 Å². The Hall–Kier alpha value is -2.61. The van der Waals surface area contributed by atoms with E-state index in [1.54, 1.807) is 18.5 Å². The van der Waals surface area contributed by atoms with E-state index in [0.29, 0.717) is 22.8 Å². The van der Waals surface area contributed by atoms with Gasteiger partial charge >= 0.3 is 5.97 Å². The van der Waals surface area contributed by atoms with E-state index in [1.165, 1.54) is 11.8 Å². The largest absolute Gasteiger partial charge is 0.465 e. The Morgan fingerprint density at radius 1 is 1.35 bits per heavy atom. The molecule has 0 saturated carbocycles. The molecule has 2 heterocycles. The lowest BCUT2D eigenvalue weighted by Crippen LogP contribution is -2.18. The lowest BCUT2D eigenvalue weighted by Gasteiger charge is -2.10. The van der Waals surface area contributed by atoms with Crippen LogP contribution < -0.4 is 5.56 Å². The summed E-state index contributed by atoms with van der Waals surface area (Å²) in [5.74, 6) is -0.345. The molecule has 0 radical (unpaired) electrons. The van der Waals surface area contributed by atoms with Crippen molar-refractivity contribution < 1.29 is 9.53 Å². The standard InChI is InChI=1S/C18H20N4O3S/c1-5-25-17(24)12(4)26-18-20-15-14(16(23)21-18)9-19-22(15)13-7-6-10(2)11(3)8-13/h6-9,12H,5H2,1-4H3,(H,20,21,23)/t12-/m1/s1. The molecule has 0 aliphatic rings. The monoisotopic (exact) mass is 372 g/mol. The zero-order valence-electron chi connectivity index (χ0n) is 15.1. The zero-order valence-corrected chi connectivity index (χ0v) is 15.9. The average molecular weight is 372 g/mol. The molecule has 0 aliphatic carbocycles. The molecular formula is C18H20N4O3S. The van der Waals surface area contributed by atoms with E-state index >= 15 is 0 Å². The first-order chi connectivity index (χ1) is 12.4. The number of carbonyl (C=O) groups excluding carboxylic acids is 1. The molecule has 0 spiro atoms. The Bertz CT molecular complexity index is 1020. The van der Waals surface area contributed by atoms with Crippen LogP contribution in [0.5, 0.6) is 0 Å². The maximum atomic E-state index is 12.4. The molecule has 0 unspecified atom stereocenters. The second-order valence-corrected chi connectivity index (χ2v) is 7.27. The number of hydrogen-bond acceptors (Lipinski definition) is 6. The van der Waals surface area contributed by atoms with Crippen LogP contribution in [-0.4, -0.2) is 37.6 Å². The van der Waals surface area contributed by atoms with Gasteiger partial charge in [-0.05, 0) is 51.0 Å². The maximum Gasteiger partial charge on any atom is 0.319 e. The van der Waals surface area contributed by atoms with Gasteiger partial charge in [0.25, 0.3) is 5.56 Å². The fourth-order valence-corrected chi connectivity index (χ4v) is 3.27. The number of rotatable bonds is 5. The summed E-state index contributed by atoms with van der Waals surface area (Å²) in [5, 5.41) is 4.59. The molecule has 3 rings (SSSR count). The molecule has 0 fully saturated rings. The van der Waals surface area contributed by atoms with E-state index in [1.807, 2.05) is 32.0 Å². The normalized spacial score (nSPS) is 12.3. The number of thioether (sulfide) groups is 1. The quantitative estimate of drug-likeness (QED) is 0.421. The van der Waals surface area contributed by atoms with Gasteiger partial charge in [-0.25, -0.2) is 9.67 Å². The van der Waals surface area contributed by atoms with Gasteiger partial charge in [-0.1, -0.05) is 17.8 Å². The van der Waals surface area contributed by atoms with E-state index in [9.17, 15) is 9.59 Å². The van der Waals surface area contributed by atoms with Crippen molar-refractivity contribution >= 4 is 28.8 Å². The van der Waals surface area contributed by atoms with Gasteiger partial charge in [0.1, 0.15) is 10.6 Å². The minimum Gasteiger partial charge on any atom is -0.465 e. The van der Waals surface area contributed by atoms with Crippen LogP contribution in [0.15, 0.2) is 34.3 Å². The predicted octanol–water partition coefficient (Wildman–Crippen LogP) is 2.77. The minimum absolute atomic E-state index is 0.288. The van der Waals surface area contributed by atoms with Crippen molar-refractivity contribution in [1.29, 1.82) is 0 Å². The smallest absolute Gasteiger partial charge is 0.319 e. The summed E-state index contributed by atoms with van der Waals surface area (Å²) in [5.41, 5.74) is 3.30. The third-order valence-corrected chi connectivity index (χ3v) is 5.02. The van der Waals surface area contributed by atoms with Crippen LogP contribution in [0.3, 0.4) is 0 Å². The first kappa shape index (κ1) is 18.2. The lowest BCUT2D eigenvalue weighted by atomic mass is 10.1. The van der Waals surface area contributed by atoms with Crippen LogP contribution in [0.4, 0.5) is 0 Å². The molecule has 3 aromatic rings. The van der Waals surface area contributed by atoms with Crippen molar-refractivity contribution in [3.05, 3.63) is 45.9 Å². The number of ether oxygens (including phenoxy) is 1.